The Morgan fingerprint density at radius 2 is 2.12 bits per heavy atom. The van der Waals surface area contributed by atoms with Crippen molar-refractivity contribution in [2.75, 3.05) is 29.0 Å². The number of benzene rings is 2. The van der Waals surface area contributed by atoms with E-state index in [0.29, 0.717) is 12.2 Å². The highest BCUT2D eigenvalue weighted by atomic mass is 16.5. The summed E-state index contributed by atoms with van der Waals surface area (Å²) in [5.41, 5.74) is 10.6. The highest BCUT2D eigenvalue weighted by Crippen LogP contribution is 2.35. The largest absolute Gasteiger partial charge is 0.486 e. The summed E-state index contributed by atoms with van der Waals surface area (Å²) in [4.78, 5) is 14.7. The van der Waals surface area contributed by atoms with Crippen LogP contribution in [0.3, 0.4) is 0 Å². The summed E-state index contributed by atoms with van der Waals surface area (Å²) in [5.74, 6) is 0.714. The molecule has 0 aromatic heterocycles. The van der Waals surface area contributed by atoms with E-state index in [0.717, 1.165) is 34.7 Å². The van der Waals surface area contributed by atoms with Gasteiger partial charge in [-0.2, -0.15) is 0 Å². The summed E-state index contributed by atoms with van der Waals surface area (Å²) in [7, 11) is 0. The second kappa shape index (κ2) is 7.05. The fourth-order valence-corrected chi connectivity index (χ4v) is 3.06. The molecule has 25 heavy (non-hydrogen) atoms. The Bertz CT molecular complexity index is 789. The van der Waals surface area contributed by atoms with Gasteiger partial charge in [0.15, 0.2) is 0 Å². The third-order valence-electron chi connectivity index (χ3n) is 4.71. The van der Waals surface area contributed by atoms with Gasteiger partial charge in [-0.3, -0.25) is 4.79 Å². The molecule has 0 fully saturated rings. The molecule has 1 atom stereocenters. The van der Waals surface area contributed by atoms with E-state index in [-0.39, 0.29) is 18.6 Å². The molecule has 0 aliphatic carbocycles. The zero-order valence-electron chi connectivity index (χ0n) is 15.0. The van der Waals surface area contributed by atoms with Crippen molar-refractivity contribution in [2.45, 2.75) is 33.3 Å². The van der Waals surface area contributed by atoms with Gasteiger partial charge >= 0.3 is 0 Å². The smallest absolute Gasteiger partial charge is 0.243 e. The maximum atomic E-state index is 12.6. The van der Waals surface area contributed by atoms with Gasteiger partial charge in [-0.15, -0.1) is 0 Å². The molecule has 0 radical (unpaired) electrons. The average molecular weight is 339 g/mol. The van der Waals surface area contributed by atoms with E-state index >= 15 is 0 Å². The Morgan fingerprint density at radius 3 is 2.88 bits per heavy atom. The Labute approximate surface area is 148 Å². The van der Waals surface area contributed by atoms with E-state index < -0.39 is 0 Å². The number of nitrogen functional groups attached to an aromatic ring is 1. The summed E-state index contributed by atoms with van der Waals surface area (Å²) < 4.78 is 5.97. The molecular weight excluding hydrogens is 314 g/mol. The summed E-state index contributed by atoms with van der Waals surface area (Å²) in [6, 6.07) is 11.5. The van der Waals surface area contributed by atoms with E-state index in [1.54, 1.807) is 0 Å². The summed E-state index contributed by atoms with van der Waals surface area (Å²) in [6.45, 7) is 7.11. The number of hydrogen-bond donors (Lipinski definition) is 2. The summed E-state index contributed by atoms with van der Waals surface area (Å²) in [5, 5.41) is 3.03. The fraction of sp³-hybridized carbons (Fsp3) is 0.350. The SMILES string of the molecule is CCC1CN(CC(=O)Nc2cccc(C)c2C)c2ccc(N)cc2O1. The number of carbonyl (C=O) groups is 1. The second-order valence-electron chi connectivity index (χ2n) is 6.55. The molecule has 132 valence electrons. The monoisotopic (exact) mass is 339 g/mol. The lowest BCUT2D eigenvalue weighted by molar-refractivity contribution is -0.115. The van der Waals surface area contributed by atoms with E-state index in [9.17, 15) is 4.79 Å². The molecule has 2 aromatic carbocycles. The summed E-state index contributed by atoms with van der Waals surface area (Å²) >= 11 is 0. The van der Waals surface area contributed by atoms with Crippen LogP contribution in [-0.2, 0) is 4.79 Å². The van der Waals surface area contributed by atoms with Gasteiger partial charge in [-0.1, -0.05) is 19.1 Å². The predicted octanol–water partition coefficient (Wildman–Crippen LogP) is 3.50. The third kappa shape index (κ3) is 3.71. The molecular formula is C20H25N3O2. The normalized spacial score (nSPS) is 16.1. The number of nitrogens with two attached hydrogens (primary N) is 1. The minimum Gasteiger partial charge on any atom is -0.486 e. The molecule has 3 N–H and O–H groups in total. The van der Waals surface area contributed by atoms with Crippen LogP contribution in [0.5, 0.6) is 5.75 Å². The molecule has 2 aromatic rings. The number of fused-ring (bicyclic) bond motifs is 1. The van der Waals surface area contributed by atoms with Crippen molar-refractivity contribution in [3.63, 3.8) is 0 Å². The van der Waals surface area contributed by atoms with Crippen LogP contribution in [-0.4, -0.2) is 25.1 Å². The van der Waals surface area contributed by atoms with Crippen LogP contribution in [0.4, 0.5) is 17.1 Å². The van der Waals surface area contributed by atoms with Crippen LogP contribution in [0.2, 0.25) is 0 Å². The van der Waals surface area contributed by atoms with Gasteiger partial charge in [0.25, 0.3) is 0 Å². The standard InChI is InChI=1S/C20H25N3O2/c1-4-16-11-23(18-9-8-15(21)10-19(18)25-16)12-20(24)22-17-7-5-6-13(2)14(17)3/h5-10,16H,4,11-12,21H2,1-3H3,(H,22,24). The molecule has 1 amide bonds. The zero-order valence-corrected chi connectivity index (χ0v) is 15.0. The van der Waals surface area contributed by atoms with Crippen molar-refractivity contribution < 1.29 is 9.53 Å². The van der Waals surface area contributed by atoms with Gasteiger partial charge < -0.3 is 20.7 Å². The number of nitrogens with zero attached hydrogens (tertiary/aromatic N) is 1. The first-order valence-electron chi connectivity index (χ1n) is 8.65. The van der Waals surface area contributed by atoms with Crippen LogP contribution in [0.1, 0.15) is 24.5 Å². The quantitative estimate of drug-likeness (QED) is 0.837. The van der Waals surface area contributed by atoms with Crippen molar-refractivity contribution >= 4 is 23.0 Å². The zero-order chi connectivity index (χ0) is 18.0. The Kier molecular flexibility index (Phi) is 4.83. The van der Waals surface area contributed by atoms with Crippen LogP contribution in [0.25, 0.3) is 0 Å². The van der Waals surface area contributed by atoms with Crippen LogP contribution in [0.15, 0.2) is 36.4 Å². The molecule has 0 bridgehead atoms. The maximum absolute atomic E-state index is 12.6. The van der Waals surface area contributed by atoms with Crippen molar-refractivity contribution in [2.24, 2.45) is 0 Å². The molecule has 5 heteroatoms. The number of aryl methyl sites for hydroxylation is 1. The number of hydrogen-bond acceptors (Lipinski definition) is 4. The lowest BCUT2D eigenvalue weighted by Crippen LogP contribution is -2.43. The van der Waals surface area contributed by atoms with E-state index in [1.165, 1.54) is 0 Å². The van der Waals surface area contributed by atoms with Crippen LogP contribution < -0.4 is 20.7 Å². The van der Waals surface area contributed by atoms with Crippen molar-refractivity contribution in [3.8, 4) is 5.75 Å². The van der Waals surface area contributed by atoms with Crippen LogP contribution in [0, 0.1) is 13.8 Å². The van der Waals surface area contributed by atoms with Crippen molar-refractivity contribution in [3.05, 3.63) is 47.5 Å². The molecule has 5 nitrogen and oxygen atoms in total. The Morgan fingerprint density at radius 1 is 1.32 bits per heavy atom. The molecule has 1 heterocycles. The first kappa shape index (κ1) is 17.1. The minimum absolute atomic E-state index is 0.0340. The number of rotatable bonds is 4. The van der Waals surface area contributed by atoms with Gasteiger partial charge in [0.2, 0.25) is 5.91 Å². The van der Waals surface area contributed by atoms with Gasteiger partial charge in [-0.25, -0.2) is 0 Å². The van der Waals surface area contributed by atoms with E-state index in [4.69, 9.17) is 10.5 Å². The predicted molar refractivity (Wildman–Crippen MR) is 102 cm³/mol. The first-order valence-corrected chi connectivity index (χ1v) is 8.65. The number of amides is 1. The van der Waals surface area contributed by atoms with Gasteiger partial charge in [0, 0.05) is 17.4 Å². The average Bonchev–Trinajstić information content (AvgIpc) is 2.58. The van der Waals surface area contributed by atoms with Crippen LogP contribution >= 0.6 is 0 Å². The van der Waals surface area contributed by atoms with E-state index in [1.807, 2.05) is 50.2 Å². The second-order valence-corrected chi connectivity index (χ2v) is 6.55. The number of ether oxygens (including phenoxy) is 1. The number of nitrogens with one attached hydrogen (secondary N) is 1. The highest BCUT2D eigenvalue weighted by Gasteiger charge is 2.26. The molecule has 3 rings (SSSR count). The third-order valence-corrected chi connectivity index (χ3v) is 4.71. The van der Waals surface area contributed by atoms with Gasteiger partial charge in [-0.05, 0) is 49.6 Å². The lowest BCUT2D eigenvalue weighted by Gasteiger charge is -2.35. The highest BCUT2D eigenvalue weighted by molar-refractivity contribution is 5.95. The first-order chi connectivity index (χ1) is 12.0. The van der Waals surface area contributed by atoms with Gasteiger partial charge in [0.05, 0.1) is 18.8 Å². The van der Waals surface area contributed by atoms with Crippen molar-refractivity contribution in [1.82, 2.24) is 0 Å². The minimum atomic E-state index is -0.0340. The number of anilines is 3. The Balaban J connectivity index is 1.77. The summed E-state index contributed by atoms with van der Waals surface area (Å²) in [6.07, 6.45) is 0.936. The maximum Gasteiger partial charge on any atom is 0.243 e. The molecule has 1 aliphatic rings. The van der Waals surface area contributed by atoms with Gasteiger partial charge in [0.1, 0.15) is 11.9 Å². The molecule has 0 saturated carbocycles. The molecule has 1 aliphatic heterocycles. The fourth-order valence-electron chi connectivity index (χ4n) is 3.06. The Hall–Kier alpha value is -2.69. The molecule has 1 unspecified atom stereocenters. The number of carbonyl (C=O) groups excluding carboxylic acids is 1. The molecule has 0 spiro atoms. The lowest BCUT2D eigenvalue weighted by atomic mass is 10.1. The molecule has 0 saturated heterocycles. The van der Waals surface area contributed by atoms with E-state index in [2.05, 4.69) is 17.1 Å². The topological polar surface area (TPSA) is 67.6 Å². The van der Waals surface area contributed by atoms with Crippen molar-refractivity contribution in [1.29, 1.82) is 0 Å².